The number of benzene rings is 2. The van der Waals surface area contributed by atoms with E-state index in [1.54, 1.807) is 6.08 Å². The van der Waals surface area contributed by atoms with E-state index < -0.39 is 11.9 Å². The van der Waals surface area contributed by atoms with Crippen molar-refractivity contribution in [2.45, 2.75) is 33.1 Å². The van der Waals surface area contributed by atoms with E-state index in [0.29, 0.717) is 35.2 Å². The van der Waals surface area contributed by atoms with Crippen molar-refractivity contribution in [3.8, 4) is 5.75 Å². The summed E-state index contributed by atoms with van der Waals surface area (Å²) in [6.45, 7) is 6.60. The number of rotatable bonds is 15. The predicted molar refractivity (Wildman–Crippen MR) is 163 cm³/mol. The first-order valence-corrected chi connectivity index (χ1v) is 14.5. The van der Waals surface area contributed by atoms with Gasteiger partial charge in [0.1, 0.15) is 16.6 Å². The standard InChI is InChI=1S/C29H33N3O7S2/c1-3-31(4-2)20-10-8-19(9-11-20)16-24-26(34)32(29(40)41-24)18-25(33)30-14-6-5-7-15-39-21-12-13-22(27(35)36)23(17-21)28(37)38/h8-13,16-17H,3-7,14-15,18H2,1-2H3,(H,30,33)(H,35,36)(H,37,38)/b24-16+. The van der Waals surface area contributed by atoms with Crippen molar-refractivity contribution in [3.63, 3.8) is 0 Å². The predicted octanol–water partition coefficient (Wildman–Crippen LogP) is 4.50. The first-order valence-electron chi connectivity index (χ1n) is 13.2. The molecular weight excluding hydrogens is 566 g/mol. The highest BCUT2D eigenvalue weighted by atomic mass is 32.2. The number of aromatic carboxylic acids is 2. The van der Waals surface area contributed by atoms with Crippen molar-refractivity contribution in [3.05, 3.63) is 64.1 Å². The highest BCUT2D eigenvalue weighted by Crippen LogP contribution is 2.32. The van der Waals surface area contributed by atoms with E-state index >= 15 is 0 Å². The summed E-state index contributed by atoms with van der Waals surface area (Å²) in [5.41, 5.74) is 1.36. The van der Waals surface area contributed by atoms with Gasteiger partial charge in [-0.1, -0.05) is 36.1 Å². The number of hydrogen-bond donors (Lipinski definition) is 3. The van der Waals surface area contributed by atoms with Gasteiger partial charge in [0.25, 0.3) is 5.91 Å². The number of thiocarbonyl (C=S) groups is 1. The third kappa shape index (κ3) is 8.79. The van der Waals surface area contributed by atoms with E-state index in [1.165, 1.54) is 34.9 Å². The Bertz CT molecular complexity index is 1320. The number of nitrogens with one attached hydrogen (secondary N) is 1. The van der Waals surface area contributed by atoms with Crippen LogP contribution in [-0.4, -0.2) is 76.0 Å². The maximum Gasteiger partial charge on any atom is 0.336 e. The minimum atomic E-state index is -1.34. The summed E-state index contributed by atoms with van der Waals surface area (Å²) >= 11 is 6.53. The van der Waals surface area contributed by atoms with E-state index in [0.717, 1.165) is 30.8 Å². The molecule has 3 N–H and O–H groups in total. The van der Waals surface area contributed by atoms with Gasteiger partial charge in [-0.25, -0.2) is 9.59 Å². The Morgan fingerprint density at radius 3 is 2.32 bits per heavy atom. The Morgan fingerprint density at radius 1 is 1.00 bits per heavy atom. The van der Waals surface area contributed by atoms with E-state index in [2.05, 4.69) is 24.1 Å². The minimum Gasteiger partial charge on any atom is -0.494 e. The second kappa shape index (κ2) is 15.2. The molecule has 41 heavy (non-hydrogen) atoms. The van der Waals surface area contributed by atoms with Crippen LogP contribution < -0.4 is 15.0 Å². The number of ether oxygens (including phenoxy) is 1. The number of hydrogen-bond acceptors (Lipinski definition) is 8. The average molecular weight is 600 g/mol. The average Bonchev–Trinajstić information content (AvgIpc) is 3.20. The minimum absolute atomic E-state index is 0.149. The summed E-state index contributed by atoms with van der Waals surface area (Å²) in [6.07, 6.45) is 3.84. The second-order valence-electron chi connectivity index (χ2n) is 9.11. The SMILES string of the molecule is CCN(CC)c1ccc(/C=C2/SC(=S)N(CC(=O)NCCCCCOc3ccc(C(=O)O)c(C(=O)O)c3)C2=O)cc1. The van der Waals surface area contributed by atoms with E-state index in [9.17, 15) is 24.3 Å². The van der Waals surface area contributed by atoms with Gasteiger partial charge in [0, 0.05) is 25.3 Å². The molecule has 2 amide bonds. The molecule has 0 unspecified atom stereocenters. The van der Waals surface area contributed by atoms with Crippen LogP contribution in [0.4, 0.5) is 5.69 Å². The molecule has 0 atom stereocenters. The largest absolute Gasteiger partial charge is 0.494 e. The lowest BCUT2D eigenvalue weighted by molar-refractivity contribution is -0.128. The molecule has 218 valence electrons. The van der Waals surface area contributed by atoms with Crippen LogP contribution in [-0.2, 0) is 9.59 Å². The van der Waals surface area contributed by atoms with Crippen LogP contribution >= 0.6 is 24.0 Å². The van der Waals surface area contributed by atoms with Crippen LogP contribution in [0.5, 0.6) is 5.75 Å². The molecule has 1 fully saturated rings. The van der Waals surface area contributed by atoms with Gasteiger partial charge in [0.2, 0.25) is 5.91 Å². The van der Waals surface area contributed by atoms with Crippen LogP contribution in [0.3, 0.4) is 0 Å². The summed E-state index contributed by atoms with van der Waals surface area (Å²) in [5, 5.41) is 21.1. The molecular formula is C29H33N3O7S2. The fourth-order valence-electron chi connectivity index (χ4n) is 4.16. The number of carboxylic acids is 2. The zero-order chi connectivity index (χ0) is 29.9. The number of carbonyl (C=O) groups is 4. The monoisotopic (exact) mass is 599 g/mol. The van der Waals surface area contributed by atoms with E-state index in [4.69, 9.17) is 22.1 Å². The Balaban J connectivity index is 1.39. The number of carbonyl (C=O) groups excluding carboxylic acids is 2. The molecule has 3 rings (SSSR count). The van der Waals surface area contributed by atoms with Crippen molar-refractivity contribution in [2.24, 2.45) is 0 Å². The van der Waals surface area contributed by atoms with Crippen LogP contribution in [0, 0.1) is 0 Å². The maximum absolute atomic E-state index is 12.9. The lowest BCUT2D eigenvalue weighted by Gasteiger charge is -2.20. The summed E-state index contributed by atoms with van der Waals surface area (Å²) in [7, 11) is 0. The maximum atomic E-state index is 12.9. The van der Waals surface area contributed by atoms with Gasteiger partial charge in [-0.05, 0) is 75.1 Å². The second-order valence-corrected chi connectivity index (χ2v) is 10.8. The number of amides is 2. The zero-order valence-corrected chi connectivity index (χ0v) is 24.6. The molecule has 0 aliphatic carbocycles. The third-order valence-corrected chi connectivity index (χ3v) is 7.74. The summed E-state index contributed by atoms with van der Waals surface area (Å²) < 4.78 is 5.88. The Labute approximate surface area is 248 Å². The van der Waals surface area contributed by atoms with Gasteiger partial charge < -0.3 is 25.2 Å². The zero-order valence-electron chi connectivity index (χ0n) is 22.9. The van der Waals surface area contributed by atoms with Crippen molar-refractivity contribution in [2.75, 3.05) is 37.7 Å². The summed E-state index contributed by atoms with van der Waals surface area (Å²) in [6, 6.07) is 11.8. The summed E-state index contributed by atoms with van der Waals surface area (Å²) in [5.74, 6) is -2.98. The molecule has 2 aromatic carbocycles. The Kier molecular flexibility index (Phi) is 11.7. The molecule has 0 spiro atoms. The highest BCUT2D eigenvalue weighted by molar-refractivity contribution is 8.26. The lowest BCUT2D eigenvalue weighted by atomic mass is 10.1. The molecule has 1 aliphatic heterocycles. The number of unbranched alkanes of at least 4 members (excludes halogenated alkanes) is 2. The molecule has 1 aliphatic rings. The fraction of sp³-hybridized carbons (Fsp3) is 0.345. The van der Waals surface area contributed by atoms with Crippen molar-refractivity contribution >= 4 is 63.8 Å². The van der Waals surface area contributed by atoms with Crippen LogP contribution in [0.2, 0.25) is 0 Å². The van der Waals surface area contributed by atoms with Gasteiger partial charge in [0.05, 0.1) is 22.6 Å². The highest BCUT2D eigenvalue weighted by Gasteiger charge is 2.33. The van der Waals surface area contributed by atoms with Gasteiger partial charge in [-0.15, -0.1) is 0 Å². The lowest BCUT2D eigenvalue weighted by Crippen LogP contribution is -2.39. The first-order chi connectivity index (χ1) is 19.6. The van der Waals surface area contributed by atoms with Crippen LogP contribution in [0.1, 0.15) is 59.4 Å². The normalized spacial score (nSPS) is 13.9. The molecule has 1 heterocycles. The van der Waals surface area contributed by atoms with Gasteiger partial charge >= 0.3 is 11.9 Å². The van der Waals surface area contributed by atoms with Gasteiger partial charge in [-0.2, -0.15) is 0 Å². The first kappa shape index (κ1) is 31.6. The van der Waals surface area contributed by atoms with Crippen molar-refractivity contribution in [1.29, 1.82) is 0 Å². The molecule has 0 saturated carbocycles. The van der Waals surface area contributed by atoms with Crippen LogP contribution in [0.15, 0.2) is 47.4 Å². The molecule has 0 bridgehead atoms. The van der Waals surface area contributed by atoms with Crippen LogP contribution in [0.25, 0.3) is 6.08 Å². The number of thioether (sulfide) groups is 1. The molecule has 10 nitrogen and oxygen atoms in total. The molecule has 0 aromatic heterocycles. The van der Waals surface area contributed by atoms with Gasteiger partial charge in [0.15, 0.2) is 0 Å². The number of nitrogens with zero attached hydrogens (tertiary/aromatic N) is 2. The Hall–Kier alpha value is -3.90. The molecule has 0 radical (unpaired) electrons. The number of anilines is 1. The van der Waals surface area contributed by atoms with E-state index in [1.807, 2.05) is 24.3 Å². The molecule has 1 saturated heterocycles. The summed E-state index contributed by atoms with van der Waals surface area (Å²) in [4.78, 5) is 51.8. The Morgan fingerprint density at radius 2 is 1.68 bits per heavy atom. The topological polar surface area (TPSA) is 136 Å². The van der Waals surface area contributed by atoms with Crippen molar-refractivity contribution in [1.82, 2.24) is 10.2 Å². The molecule has 12 heteroatoms. The number of carboxylic acid groups (broad SMARTS) is 2. The quantitative estimate of drug-likeness (QED) is 0.153. The third-order valence-electron chi connectivity index (χ3n) is 6.36. The smallest absolute Gasteiger partial charge is 0.336 e. The van der Waals surface area contributed by atoms with Gasteiger partial charge in [-0.3, -0.25) is 14.5 Å². The van der Waals surface area contributed by atoms with E-state index in [-0.39, 0.29) is 35.2 Å². The fourth-order valence-corrected chi connectivity index (χ4v) is 5.41. The molecule has 2 aromatic rings. The van der Waals surface area contributed by atoms with Crippen molar-refractivity contribution < 1.29 is 34.1 Å².